The van der Waals surface area contributed by atoms with Gasteiger partial charge in [0.05, 0.1) is 12.3 Å². The van der Waals surface area contributed by atoms with E-state index in [1.165, 1.54) is 5.56 Å². The van der Waals surface area contributed by atoms with E-state index in [0.717, 1.165) is 26.1 Å². The Balaban J connectivity index is 1.67. The molecule has 5 heteroatoms. The van der Waals surface area contributed by atoms with Crippen LogP contribution >= 0.6 is 0 Å². The van der Waals surface area contributed by atoms with Crippen LogP contribution in [0.15, 0.2) is 12.4 Å². The van der Waals surface area contributed by atoms with Crippen molar-refractivity contribution in [2.24, 2.45) is 24.1 Å². The molecule has 3 unspecified atom stereocenters. The minimum atomic E-state index is -0.148. The highest BCUT2D eigenvalue weighted by Gasteiger charge is 2.67. The summed E-state index contributed by atoms with van der Waals surface area (Å²) in [5, 5.41) is 4.22. The van der Waals surface area contributed by atoms with Gasteiger partial charge in [-0.15, -0.1) is 0 Å². The summed E-state index contributed by atoms with van der Waals surface area (Å²) in [6, 6.07) is 0. The maximum absolute atomic E-state index is 6.78. The number of aromatic nitrogens is 2. The molecule has 0 spiro atoms. The summed E-state index contributed by atoms with van der Waals surface area (Å²) in [4.78, 5) is 2.31. The molecule has 1 aromatic heterocycles. The molecule has 5 nitrogen and oxygen atoms in total. The van der Waals surface area contributed by atoms with Gasteiger partial charge in [0.25, 0.3) is 0 Å². The third kappa shape index (κ3) is 1.91. The molecular formula is C15H26N4O. The number of nitrogens with two attached hydrogens (primary N) is 1. The lowest BCUT2D eigenvalue weighted by atomic mass is 9.48. The highest BCUT2D eigenvalue weighted by Crippen LogP contribution is 2.58. The average molecular weight is 278 g/mol. The highest BCUT2D eigenvalue weighted by molar-refractivity contribution is 5.21. The Labute approximate surface area is 121 Å². The van der Waals surface area contributed by atoms with Gasteiger partial charge in [0.1, 0.15) is 0 Å². The average Bonchev–Trinajstić information content (AvgIpc) is 2.97. The van der Waals surface area contributed by atoms with E-state index < -0.39 is 0 Å². The molecule has 2 heterocycles. The summed E-state index contributed by atoms with van der Waals surface area (Å²) in [6.07, 6.45) is 5.44. The monoisotopic (exact) mass is 278 g/mol. The lowest BCUT2D eigenvalue weighted by molar-refractivity contribution is -0.162. The van der Waals surface area contributed by atoms with Crippen LogP contribution in [0.3, 0.4) is 0 Å². The van der Waals surface area contributed by atoms with E-state index in [2.05, 4.69) is 37.1 Å². The molecule has 0 radical (unpaired) electrons. The van der Waals surface area contributed by atoms with E-state index in [0.29, 0.717) is 12.0 Å². The third-order valence-electron chi connectivity index (χ3n) is 5.41. The Morgan fingerprint density at radius 2 is 2.30 bits per heavy atom. The normalized spacial score (nSPS) is 35.1. The van der Waals surface area contributed by atoms with E-state index in [-0.39, 0.29) is 11.0 Å². The zero-order chi connectivity index (χ0) is 14.5. The molecule has 1 aliphatic carbocycles. The second-order valence-corrected chi connectivity index (χ2v) is 7.14. The highest BCUT2D eigenvalue weighted by atomic mass is 16.5. The SMILES string of the molecule is CN(Cc1cnn(C)c1)CC1(N)C2CCOC2C1(C)C. The Morgan fingerprint density at radius 1 is 1.55 bits per heavy atom. The predicted molar refractivity (Wildman–Crippen MR) is 78.1 cm³/mol. The van der Waals surface area contributed by atoms with Crippen molar-refractivity contribution < 1.29 is 4.74 Å². The van der Waals surface area contributed by atoms with Gasteiger partial charge >= 0.3 is 0 Å². The minimum Gasteiger partial charge on any atom is -0.377 e. The molecule has 1 saturated carbocycles. The second-order valence-electron chi connectivity index (χ2n) is 7.14. The Kier molecular flexibility index (Phi) is 3.19. The molecule has 112 valence electrons. The van der Waals surface area contributed by atoms with Gasteiger partial charge in [-0.1, -0.05) is 13.8 Å². The van der Waals surface area contributed by atoms with Crippen LogP contribution in [0.2, 0.25) is 0 Å². The third-order valence-corrected chi connectivity index (χ3v) is 5.41. The van der Waals surface area contributed by atoms with E-state index >= 15 is 0 Å². The Bertz CT molecular complexity index is 498. The fourth-order valence-electron chi connectivity index (χ4n) is 4.16. The molecule has 1 aromatic rings. The van der Waals surface area contributed by atoms with E-state index in [1.807, 2.05) is 17.9 Å². The van der Waals surface area contributed by atoms with Crippen molar-refractivity contribution in [2.45, 2.75) is 38.5 Å². The first-order valence-electron chi connectivity index (χ1n) is 7.41. The predicted octanol–water partition coefficient (Wildman–Crippen LogP) is 0.994. The van der Waals surface area contributed by atoms with Crippen LogP contribution in [0.1, 0.15) is 25.8 Å². The largest absolute Gasteiger partial charge is 0.377 e. The molecule has 3 rings (SSSR count). The van der Waals surface area contributed by atoms with Crippen molar-refractivity contribution in [3.05, 3.63) is 18.0 Å². The fourth-order valence-corrected chi connectivity index (χ4v) is 4.16. The molecule has 1 aliphatic heterocycles. The van der Waals surface area contributed by atoms with Crippen molar-refractivity contribution in [2.75, 3.05) is 20.2 Å². The van der Waals surface area contributed by atoms with Crippen LogP contribution in [0, 0.1) is 11.3 Å². The van der Waals surface area contributed by atoms with E-state index in [4.69, 9.17) is 10.5 Å². The number of rotatable bonds is 4. The first-order valence-corrected chi connectivity index (χ1v) is 7.41. The summed E-state index contributed by atoms with van der Waals surface area (Å²) in [7, 11) is 4.09. The van der Waals surface area contributed by atoms with Crippen LogP contribution in [0.25, 0.3) is 0 Å². The Morgan fingerprint density at radius 3 is 2.95 bits per heavy atom. The maximum Gasteiger partial charge on any atom is 0.0691 e. The lowest BCUT2D eigenvalue weighted by Crippen LogP contribution is -2.77. The summed E-state index contributed by atoms with van der Waals surface area (Å²) in [5.41, 5.74) is 7.92. The molecule has 0 bridgehead atoms. The van der Waals surface area contributed by atoms with Crippen molar-refractivity contribution in [3.8, 4) is 0 Å². The molecule has 2 aliphatic rings. The molecule has 2 N–H and O–H groups in total. The Hall–Kier alpha value is -0.910. The molecule has 1 saturated heterocycles. The molecule has 0 aromatic carbocycles. The van der Waals surface area contributed by atoms with Gasteiger partial charge in [-0.25, -0.2) is 0 Å². The minimum absolute atomic E-state index is 0.0529. The number of aryl methyl sites for hydroxylation is 1. The van der Waals surface area contributed by atoms with Gasteiger partial charge in [-0.3, -0.25) is 4.68 Å². The van der Waals surface area contributed by atoms with Gasteiger partial charge in [0, 0.05) is 55.4 Å². The first kappa shape index (κ1) is 14.0. The van der Waals surface area contributed by atoms with Crippen molar-refractivity contribution in [3.63, 3.8) is 0 Å². The topological polar surface area (TPSA) is 56.3 Å². The quantitative estimate of drug-likeness (QED) is 0.892. The zero-order valence-corrected chi connectivity index (χ0v) is 13.0. The summed E-state index contributed by atoms with van der Waals surface area (Å²) < 4.78 is 7.70. The number of likely N-dealkylation sites (N-methyl/N-ethyl adjacent to an activating group) is 1. The van der Waals surface area contributed by atoms with Crippen LogP contribution in [0.5, 0.6) is 0 Å². The smallest absolute Gasteiger partial charge is 0.0691 e. The van der Waals surface area contributed by atoms with Gasteiger partial charge < -0.3 is 15.4 Å². The maximum atomic E-state index is 6.78. The fraction of sp³-hybridized carbons (Fsp3) is 0.800. The van der Waals surface area contributed by atoms with Crippen molar-refractivity contribution >= 4 is 0 Å². The number of ether oxygens (including phenoxy) is 1. The molecule has 2 fully saturated rings. The van der Waals surface area contributed by atoms with Gasteiger partial charge in [0.2, 0.25) is 0 Å². The van der Waals surface area contributed by atoms with E-state index in [1.54, 1.807) is 0 Å². The lowest BCUT2D eigenvalue weighted by Gasteiger charge is -2.63. The van der Waals surface area contributed by atoms with Gasteiger partial charge in [-0.2, -0.15) is 5.10 Å². The summed E-state index contributed by atoms with van der Waals surface area (Å²) in [5.74, 6) is 0.508. The number of nitrogens with zero attached hydrogens (tertiary/aromatic N) is 3. The van der Waals surface area contributed by atoms with Crippen molar-refractivity contribution in [1.29, 1.82) is 0 Å². The van der Waals surface area contributed by atoms with Crippen molar-refractivity contribution in [1.82, 2.24) is 14.7 Å². The van der Waals surface area contributed by atoms with Crippen LogP contribution in [-0.4, -0.2) is 46.5 Å². The molecule has 20 heavy (non-hydrogen) atoms. The number of fused-ring (bicyclic) bond motifs is 1. The van der Waals surface area contributed by atoms with Crippen LogP contribution in [-0.2, 0) is 18.3 Å². The molecular weight excluding hydrogens is 252 g/mol. The molecule has 0 amide bonds. The van der Waals surface area contributed by atoms with Gasteiger partial charge in [0.15, 0.2) is 0 Å². The molecule has 3 atom stereocenters. The first-order chi connectivity index (χ1) is 9.34. The van der Waals surface area contributed by atoms with Gasteiger partial charge in [-0.05, 0) is 13.5 Å². The van der Waals surface area contributed by atoms with Crippen LogP contribution in [0.4, 0.5) is 0 Å². The van der Waals surface area contributed by atoms with E-state index in [9.17, 15) is 0 Å². The van der Waals surface area contributed by atoms with Crippen LogP contribution < -0.4 is 5.73 Å². The number of hydrogen-bond acceptors (Lipinski definition) is 4. The summed E-state index contributed by atoms with van der Waals surface area (Å²) >= 11 is 0. The zero-order valence-electron chi connectivity index (χ0n) is 13.0. The standard InChI is InChI=1S/C15H26N4O/c1-14(2)13-12(5-6-20-13)15(14,16)10-18(3)8-11-7-17-19(4)9-11/h7,9,12-13H,5-6,8,10,16H2,1-4H3. The second kappa shape index (κ2) is 4.55. The summed E-state index contributed by atoms with van der Waals surface area (Å²) in [6.45, 7) is 7.15. The number of hydrogen-bond donors (Lipinski definition) is 1.